The Kier molecular flexibility index (Phi) is 7.42. The molecular weight excluding hydrogens is 398 g/mol. The smallest absolute Gasteiger partial charge is 0.222 e. The zero-order valence-electron chi connectivity index (χ0n) is 20.8. The third kappa shape index (κ3) is 4.89. The molecule has 32 heavy (non-hydrogen) atoms. The van der Waals surface area contributed by atoms with E-state index in [9.17, 15) is 4.79 Å². The molecule has 0 bridgehead atoms. The van der Waals surface area contributed by atoms with Crippen molar-refractivity contribution in [3.8, 4) is 0 Å². The van der Waals surface area contributed by atoms with Crippen LogP contribution in [-0.2, 0) is 4.79 Å². The van der Waals surface area contributed by atoms with Gasteiger partial charge in [0.05, 0.1) is 0 Å². The standard InChI is InChI=1S/C26H47N5O/c1-27-14-10-22(11-15-27)29-16-18-30(19-17-29)25(32)9-3-8-24-23-7-5-13-31-12-4-6-21(26(23)31)20-28(24)2/h21-24,26H,3-20H2,1-2H3/t21-,23+,24+,26-/m0/s1. The second-order valence-electron chi connectivity index (χ2n) is 11.6. The van der Waals surface area contributed by atoms with Gasteiger partial charge in [-0.3, -0.25) is 14.6 Å². The molecule has 5 fully saturated rings. The van der Waals surface area contributed by atoms with Crippen molar-refractivity contribution in [2.75, 3.05) is 73.0 Å². The molecule has 5 heterocycles. The van der Waals surface area contributed by atoms with Crippen molar-refractivity contribution >= 4 is 5.91 Å². The number of hydrogen-bond acceptors (Lipinski definition) is 5. The lowest BCUT2D eigenvalue weighted by molar-refractivity contribution is -0.133. The van der Waals surface area contributed by atoms with Crippen LogP contribution >= 0.6 is 0 Å². The second-order valence-corrected chi connectivity index (χ2v) is 11.6. The van der Waals surface area contributed by atoms with Crippen molar-refractivity contribution in [1.82, 2.24) is 24.5 Å². The zero-order chi connectivity index (χ0) is 22.1. The summed E-state index contributed by atoms with van der Waals surface area (Å²) in [5.74, 6) is 2.13. The molecule has 4 atom stereocenters. The molecule has 6 nitrogen and oxygen atoms in total. The summed E-state index contributed by atoms with van der Waals surface area (Å²) in [7, 11) is 4.59. The van der Waals surface area contributed by atoms with Crippen molar-refractivity contribution < 1.29 is 4.79 Å². The summed E-state index contributed by atoms with van der Waals surface area (Å²) < 4.78 is 0. The summed E-state index contributed by atoms with van der Waals surface area (Å²) in [5, 5.41) is 0. The molecule has 0 aromatic rings. The minimum absolute atomic E-state index is 0.410. The van der Waals surface area contributed by atoms with Crippen LogP contribution < -0.4 is 0 Å². The lowest BCUT2D eigenvalue weighted by atomic mass is 9.69. The first kappa shape index (κ1) is 23.1. The summed E-state index contributed by atoms with van der Waals surface area (Å²) in [5.41, 5.74) is 0. The van der Waals surface area contributed by atoms with Crippen LogP contribution in [0.5, 0.6) is 0 Å². The maximum atomic E-state index is 13.0. The first-order valence-electron chi connectivity index (χ1n) is 13.7. The number of rotatable bonds is 5. The number of nitrogens with zero attached hydrogens (tertiary/aromatic N) is 5. The normalized spacial score (nSPS) is 36.2. The van der Waals surface area contributed by atoms with E-state index in [2.05, 4.69) is 38.6 Å². The Morgan fingerprint density at radius 3 is 2.28 bits per heavy atom. The summed E-state index contributed by atoms with van der Waals surface area (Å²) in [6, 6.07) is 2.26. The van der Waals surface area contributed by atoms with E-state index in [1.165, 1.54) is 77.7 Å². The lowest BCUT2D eigenvalue weighted by Crippen LogP contribution is -2.63. The second kappa shape index (κ2) is 10.3. The SMILES string of the molecule is CN1CCC(N2CCN(C(=O)CCC[C@@H]3[C@H]4CCCN5CCC[C@@H](CN3C)[C@@H]45)CC2)CC1. The van der Waals surface area contributed by atoms with Gasteiger partial charge in [-0.1, -0.05) is 0 Å². The highest BCUT2D eigenvalue weighted by Gasteiger charge is 2.47. The highest BCUT2D eigenvalue weighted by Crippen LogP contribution is 2.42. The zero-order valence-corrected chi connectivity index (χ0v) is 20.8. The minimum Gasteiger partial charge on any atom is -0.340 e. The molecule has 1 amide bonds. The van der Waals surface area contributed by atoms with E-state index in [0.717, 1.165) is 62.9 Å². The number of carbonyl (C=O) groups excluding carboxylic acids is 1. The van der Waals surface area contributed by atoms with Gasteiger partial charge < -0.3 is 14.7 Å². The fraction of sp³-hybridized carbons (Fsp3) is 0.962. The van der Waals surface area contributed by atoms with Crippen molar-refractivity contribution in [3.63, 3.8) is 0 Å². The number of carbonyl (C=O) groups is 1. The number of piperazine rings is 1. The highest BCUT2D eigenvalue weighted by molar-refractivity contribution is 5.76. The van der Waals surface area contributed by atoms with Crippen molar-refractivity contribution in [3.05, 3.63) is 0 Å². The highest BCUT2D eigenvalue weighted by atomic mass is 16.2. The van der Waals surface area contributed by atoms with Crippen LogP contribution in [0.3, 0.4) is 0 Å². The van der Waals surface area contributed by atoms with Gasteiger partial charge in [0.1, 0.15) is 0 Å². The lowest BCUT2D eigenvalue weighted by Gasteiger charge is -2.57. The maximum Gasteiger partial charge on any atom is 0.222 e. The Hall–Kier alpha value is -0.690. The van der Waals surface area contributed by atoms with Crippen LogP contribution in [0.4, 0.5) is 0 Å². The fourth-order valence-electron chi connectivity index (χ4n) is 7.96. The molecule has 5 rings (SSSR count). The minimum atomic E-state index is 0.410. The van der Waals surface area contributed by atoms with Gasteiger partial charge in [0, 0.05) is 57.3 Å². The monoisotopic (exact) mass is 445 g/mol. The Morgan fingerprint density at radius 2 is 1.53 bits per heavy atom. The van der Waals surface area contributed by atoms with E-state index in [0.29, 0.717) is 11.9 Å². The Labute approximate surface area is 196 Å². The molecule has 0 aliphatic carbocycles. The molecule has 0 radical (unpaired) electrons. The van der Waals surface area contributed by atoms with Crippen LogP contribution in [0, 0.1) is 11.8 Å². The molecular formula is C26H47N5O. The first-order chi connectivity index (χ1) is 15.6. The van der Waals surface area contributed by atoms with Gasteiger partial charge in [-0.25, -0.2) is 0 Å². The Balaban J connectivity index is 1.07. The van der Waals surface area contributed by atoms with Gasteiger partial charge in [0.15, 0.2) is 0 Å². The predicted octanol–water partition coefficient (Wildman–Crippen LogP) is 2.20. The van der Waals surface area contributed by atoms with Gasteiger partial charge in [-0.15, -0.1) is 0 Å². The molecule has 5 saturated heterocycles. The topological polar surface area (TPSA) is 33.3 Å². The van der Waals surface area contributed by atoms with Crippen LogP contribution in [0.2, 0.25) is 0 Å². The Morgan fingerprint density at radius 1 is 0.812 bits per heavy atom. The van der Waals surface area contributed by atoms with E-state index in [1.807, 2.05) is 0 Å². The van der Waals surface area contributed by atoms with Crippen molar-refractivity contribution in [2.45, 2.75) is 75.9 Å². The van der Waals surface area contributed by atoms with Crippen molar-refractivity contribution in [2.24, 2.45) is 11.8 Å². The molecule has 5 aliphatic rings. The van der Waals surface area contributed by atoms with Gasteiger partial charge in [0.25, 0.3) is 0 Å². The van der Waals surface area contributed by atoms with Gasteiger partial charge in [-0.05, 0) is 103 Å². The third-order valence-electron chi connectivity index (χ3n) is 9.69. The number of hydrogen-bond donors (Lipinski definition) is 0. The average Bonchev–Trinajstić information content (AvgIpc) is 2.82. The predicted molar refractivity (Wildman–Crippen MR) is 130 cm³/mol. The van der Waals surface area contributed by atoms with E-state index in [4.69, 9.17) is 0 Å². The maximum absolute atomic E-state index is 13.0. The molecule has 0 saturated carbocycles. The molecule has 0 aromatic heterocycles. The molecule has 0 unspecified atom stereocenters. The quantitative estimate of drug-likeness (QED) is 0.648. The molecule has 0 aromatic carbocycles. The van der Waals surface area contributed by atoms with Gasteiger partial charge in [0.2, 0.25) is 5.91 Å². The van der Waals surface area contributed by atoms with Crippen LogP contribution in [-0.4, -0.2) is 122 Å². The number of likely N-dealkylation sites (tertiary alicyclic amines) is 2. The molecule has 5 aliphatic heterocycles. The van der Waals surface area contributed by atoms with E-state index in [1.54, 1.807) is 0 Å². The van der Waals surface area contributed by atoms with Gasteiger partial charge in [-0.2, -0.15) is 0 Å². The summed E-state index contributed by atoms with van der Waals surface area (Å²) in [6.45, 7) is 10.4. The third-order valence-corrected chi connectivity index (χ3v) is 9.69. The van der Waals surface area contributed by atoms with Crippen LogP contribution in [0.25, 0.3) is 0 Å². The van der Waals surface area contributed by atoms with Crippen LogP contribution in [0.1, 0.15) is 57.8 Å². The summed E-state index contributed by atoms with van der Waals surface area (Å²) in [6.07, 6.45) is 11.2. The molecule has 0 spiro atoms. The molecule has 6 heteroatoms. The fourth-order valence-corrected chi connectivity index (χ4v) is 7.96. The Bertz CT molecular complexity index is 626. The first-order valence-corrected chi connectivity index (χ1v) is 13.7. The van der Waals surface area contributed by atoms with Crippen LogP contribution in [0.15, 0.2) is 0 Å². The summed E-state index contributed by atoms with van der Waals surface area (Å²) in [4.78, 5) is 25.7. The van der Waals surface area contributed by atoms with E-state index >= 15 is 0 Å². The number of piperidine rings is 4. The van der Waals surface area contributed by atoms with E-state index < -0.39 is 0 Å². The average molecular weight is 446 g/mol. The van der Waals surface area contributed by atoms with Gasteiger partial charge >= 0.3 is 0 Å². The van der Waals surface area contributed by atoms with E-state index in [-0.39, 0.29) is 0 Å². The number of amides is 1. The molecule has 182 valence electrons. The summed E-state index contributed by atoms with van der Waals surface area (Å²) >= 11 is 0. The molecule has 0 N–H and O–H groups in total. The van der Waals surface area contributed by atoms with Crippen molar-refractivity contribution in [1.29, 1.82) is 0 Å². The largest absolute Gasteiger partial charge is 0.340 e.